The molecule has 0 saturated heterocycles. The van der Waals surface area contributed by atoms with Gasteiger partial charge in [-0.05, 0) is 37.5 Å². The maximum absolute atomic E-state index is 13.0. The van der Waals surface area contributed by atoms with E-state index in [4.69, 9.17) is 37.0 Å². The summed E-state index contributed by atoms with van der Waals surface area (Å²) < 4.78 is 68.1. The maximum Gasteiger partial charge on any atom is 0.472 e. The lowest BCUT2D eigenvalue weighted by Gasteiger charge is -2.21. The van der Waals surface area contributed by atoms with E-state index in [1.165, 1.54) is 148 Å². The first-order chi connectivity index (χ1) is 41.9. The molecule has 6 atom stereocenters. The lowest BCUT2D eigenvalue weighted by molar-refractivity contribution is -0.161. The average molecular weight is 1280 g/mol. The topological polar surface area (TPSA) is 237 Å². The third-order valence-electron chi connectivity index (χ3n) is 16.1. The predicted molar refractivity (Wildman–Crippen MR) is 349 cm³/mol. The third kappa shape index (κ3) is 61.3. The molecule has 0 fully saturated rings. The van der Waals surface area contributed by atoms with Gasteiger partial charge in [0.25, 0.3) is 0 Å². The number of carbonyl (C=O) groups is 4. The number of hydrogen-bond donors (Lipinski definition) is 3. The van der Waals surface area contributed by atoms with Crippen LogP contribution in [0.1, 0.15) is 343 Å². The summed E-state index contributed by atoms with van der Waals surface area (Å²) >= 11 is 0. The molecule has 0 saturated carbocycles. The van der Waals surface area contributed by atoms with Crippen LogP contribution in [0, 0.1) is 11.8 Å². The van der Waals surface area contributed by atoms with Crippen molar-refractivity contribution in [3.63, 3.8) is 0 Å². The first kappa shape index (κ1) is 85.1. The Morgan fingerprint density at radius 3 is 0.874 bits per heavy atom. The summed E-state index contributed by atoms with van der Waals surface area (Å²) in [5, 5.41) is 10.5. The number of rotatable bonds is 67. The minimum atomic E-state index is -4.95. The highest BCUT2D eigenvalue weighted by molar-refractivity contribution is 7.47. The lowest BCUT2D eigenvalue weighted by Crippen LogP contribution is -2.30. The highest BCUT2D eigenvalue weighted by atomic mass is 31.2. The molecule has 0 radical (unpaired) electrons. The molecule has 0 aliphatic heterocycles. The Kier molecular flexibility index (Phi) is 59.0. The Morgan fingerprint density at radius 2 is 0.586 bits per heavy atom. The Bertz CT molecular complexity index is 1700. The van der Waals surface area contributed by atoms with Crippen molar-refractivity contribution in [2.75, 3.05) is 39.6 Å². The predicted octanol–water partition coefficient (Wildman–Crippen LogP) is 19.2. The van der Waals surface area contributed by atoms with Crippen molar-refractivity contribution >= 4 is 39.5 Å². The van der Waals surface area contributed by atoms with Crippen molar-refractivity contribution < 1.29 is 80.2 Å². The average Bonchev–Trinajstić information content (AvgIpc) is 3.67. The fourth-order valence-electron chi connectivity index (χ4n) is 10.2. The molecule has 0 aromatic carbocycles. The molecule has 87 heavy (non-hydrogen) atoms. The van der Waals surface area contributed by atoms with E-state index in [0.29, 0.717) is 25.7 Å². The number of aliphatic hydroxyl groups excluding tert-OH is 1. The lowest BCUT2D eigenvalue weighted by atomic mass is 9.99. The molecule has 0 spiro atoms. The van der Waals surface area contributed by atoms with Crippen LogP contribution in [0.15, 0.2) is 0 Å². The molecule has 0 aliphatic carbocycles. The van der Waals surface area contributed by atoms with Crippen LogP contribution in [0.3, 0.4) is 0 Å². The summed E-state index contributed by atoms with van der Waals surface area (Å²) in [6.07, 6.45) is 44.5. The van der Waals surface area contributed by atoms with Gasteiger partial charge in [-0.15, -0.1) is 0 Å². The van der Waals surface area contributed by atoms with Crippen LogP contribution in [0.2, 0.25) is 0 Å². The molecule has 3 N–H and O–H groups in total. The minimum Gasteiger partial charge on any atom is -0.462 e. The largest absolute Gasteiger partial charge is 0.472 e. The summed E-state index contributed by atoms with van der Waals surface area (Å²) in [5.41, 5.74) is 0. The van der Waals surface area contributed by atoms with Gasteiger partial charge < -0.3 is 33.8 Å². The summed E-state index contributed by atoms with van der Waals surface area (Å²) in [6.45, 7) is 9.53. The van der Waals surface area contributed by atoms with Gasteiger partial charge in [0.15, 0.2) is 12.2 Å². The Hall–Kier alpha value is -1.94. The standard InChI is InChI=1S/C68H132O17P2/c1-7-10-12-14-16-25-34-40-46-52-67(72)84-63(56-78-65(70)50-44-38-30-15-13-11-8-2)58-82-86(74,75)80-54-62(69)55-81-87(76,77)83-59-64(57-79-66(71)51-45-39-33-28-24-23-27-32-37-43-49-61(6)9-3)85-68(73)53-47-41-35-29-22-20-18-17-19-21-26-31-36-42-48-60(4)5/h60-64,69H,7-59H2,1-6H3,(H,74,75)(H,76,77)/t61?,62-,63+,64+/m0/s1. The van der Waals surface area contributed by atoms with Crippen molar-refractivity contribution in [1.82, 2.24) is 0 Å². The van der Waals surface area contributed by atoms with E-state index >= 15 is 0 Å². The van der Waals surface area contributed by atoms with Gasteiger partial charge in [0.05, 0.1) is 26.4 Å². The van der Waals surface area contributed by atoms with Gasteiger partial charge in [-0.1, -0.05) is 292 Å². The summed E-state index contributed by atoms with van der Waals surface area (Å²) in [7, 11) is -9.89. The molecule has 0 heterocycles. The molecular formula is C68H132O17P2. The molecule has 0 bridgehead atoms. The number of carbonyl (C=O) groups excluding carboxylic acids is 4. The number of aliphatic hydroxyl groups is 1. The van der Waals surface area contributed by atoms with Crippen LogP contribution < -0.4 is 0 Å². The summed E-state index contributed by atoms with van der Waals surface area (Å²) in [5.74, 6) is -0.528. The van der Waals surface area contributed by atoms with Crippen molar-refractivity contribution in [3.05, 3.63) is 0 Å². The van der Waals surface area contributed by atoms with E-state index in [-0.39, 0.29) is 25.7 Å². The zero-order chi connectivity index (χ0) is 64.3. The molecule has 0 rings (SSSR count). The molecule has 17 nitrogen and oxygen atoms in total. The number of esters is 4. The van der Waals surface area contributed by atoms with Crippen LogP contribution in [-0.4, -0.2) is 96.7 Å². The van der Waals surface area contributed by atoms with E-state index in [0.717, 1.165) is 115 Å². The zero-order valence-electron chi connectivity index (χ0n) is 56.3. The smallest absolute Gasteiger partial charge is 0.462 e. The molecule has 19 heteroatoms. The van der Waals surface area contributed by atoms with Gasteiger partial charge in [0, 0.05) is 25.7 Å². The van der Waals surface area contributed by atoms with Gasteiger partial charge in [-0.25, -0.2) is 9.13 Å². The Balaban J connectivity index is 5.20. The van der Waals surface area contributed by atoms with Gasteiger partial charge in [0.1, 0.15) is 19.3 Å². The molecule has 0 amide bonds. The van der Waals surface area contributed by atoms with Crippen molar-refractivity contribution in [1.29, 1.82) is 0 Å². The van der Waals surface area contributed by atoms with E-state index in [2.05, 4.69) is 41.5 Å². The second-order valence-electron chi connectivity index (χ2n) is 25.3. The molecule has 516 valence electrons. The first-order valence-corrected chi connectivity index (χ1v) is 38.5. The van der Waals surface area contributed by atoms with Crippen LogP contribution >= 0.6 is 15.6 Å². The van der Waals surface area contributed by atoms with Crippen molar-refractivity contribution in [2.24, 2.45) is 11.8 Å². The van der Waals surface area contributed by atoms with Crippen LogP contribution in [-0.2, 0) is 65.4 Å². The number of unbranched alkanes of at least 4 members (excludes halogenated alkanes) is 36. The van der Waals surface area contributed by atoms with E-state index in [9.17, 15) is 43.2 Å². The van der Waals surface area contributed by atoms with Crippen LogP contribution in [0.4, 0.5) is 0 Å². The summed E-state index contributed by atoms with van der Waals surface area (Å²) in [4.78, 5) is 72.3. The quantitative estimate of drug-likeness (QED) is 0.0222. The molecule has 3 unspecified atom stereocenters. The van der Waals surface area contributed by atoms with Gasteiger partial charge in [0.2, 0.25) is 0 Å². The van der Waals surface area contributed by atoms with Gasteiger partial charge >= 0.3 is 39.5 Å². The SMILES string of the molecule is CCCCCCCCCCCC(=O)O[C@H](COC(=O)CCCCCCCCC)COP(=O)(O)OC[C@H](O)COP(=O)(O)OC[C@@H](COC(=O)CCCCCCCCCCCCC(C)CC)OC(=O)CCCCCCCCCCCCCCCCC(C)C. The highest BCUT2D eigenvalue weighted by Crippen LogP contribution is 2.45. The molecule has 0 aliphatic rings. The van der Waals surface area contributed by atoms with E-state index in [1.54, 1.807) is 0 Å². The third-order valence-corrected chi connectivity index (χ3v) is 18.0. The van der Waals surface area contributed by atoms with Gasteiger partial charge in [-0.2, -0.15) is 0 Å². The van der Waals surface area contributed by atoms with Crippen LogP contribution in [0.5, 0.6) is 0 Å². The minimum absolute atomic E-state index is 0.105. The second-order valence-corrected chi connectivity index (χ2v) is 28.2. The number of phosphoric ester groups is 2. The number of hydrogen-bond acceptors (Lipinski definition) is 15. The first-order valence-electron chi connectivity index (χ1n) is 35.5. The molecule has 0 aromatic heterocycles. The second kappa shape index (κ2) is 60.3. The maximum atomic E-state index is 13.0. The highest BCUT2D eigenvalue weighted by Gasteiger charge is 2.30. The number of phosphoric acid groups is 2. The fraction of sp³-hybridized carbons (Fsp3) is 0.941. The van der Waals surface area contributed by atoms with Crippen LogP contribution in [0.25, 0.3) is 0 Å². The Morgan fingerprint density at radius 1 is 0.333 bits per heavy atom. The molecule has 0 aromatic rings. The normalized spacial score (nSPS) is 14.5. The van der Waals surface area contributed by atoms with Crippen molar-refractivity contribution in [2.45, 2.75) is 362 Å². The van der Waals surface area contributed by atoms with Gasteiger partial charge in [-0.3, -0.25) is 37.3 Å². The molecular weight excluding hydrogens is 1150 g/mol. The zero-order valence-corrected chi connectivity index (χ0v) is 58.1. The Labute approximate surface area is 530 Å². The number of ether oxygens (including phenoxy) is 4. The summed E-state index contributed by atoms with van der Waals surface area (Å²) in [6, 6.07) is 0. The van der Waals surface area contributed by atoms with E-state index < -0.39 is 97.5 Å². The monoisotopic (exact) mass is 1280 g/mol. The van der Waals surface area contributed by atoms with Crippen molar-refractivity contribution in [3.8, 4) is 0 Å². The fourth-order valence-corrected chi connectivity index (χ4v) is 11.8. The van der Waals surface area contributed by atoms with E-state index in [1.807, 2.05) is 0 Å².